The summed E-state index contributed by atoms with van der Waals surface area (Å²) in [6.07, 6.45) is 2.85. The molecule has 0 atom stereocenters. The lowest BCUT2D eigenvalue weighted by atomic mass is 10.3. The molecule has 0 saturated heterocycles. The average Bonchev–Trinajstić information content (AvgIpc) is 2.50. The summed E-state index contributed by atoms with van der Waals surface area (Å²) in [7, 11) is -2.09. The molecule has 0 radical (unpaired) electrons. The van der Waals surface area contributed by atoms with Gasteiger partial charge in [0.1, 0.15) is 11.6 Å². The van der Waals surface area contributed by atoms with Crippen molar-refractivity contribution >= 4 is 15.8 Å². The van der Waals surface area contributed by atoms with Crippen LogP contribution in [0.25, 0.3) is 0 Å². The van der Waals surface area contributed by atoms with Gasteiger partial charge >= 0.3 is 0 Å². The van der Waals surface area contributed by atoms with Crippen LogP contribution in [0.15, 0.2) is 47.5 Å². The Hall–Kier alpha value is -2.08. The average molecular weight is 324 g/mol. The Morgan fingerprint density at radius 3 is 2.18 bits per heavy atom. The Morgan fingerprint density at radius 2 is 1.73 bits per heavy atom. The molecule has 0 aliphatic heterocycles. The summed E-state index contributed by atoms with van der Waals surface area (Å²) in [5, 5.41) is 0. The van der Waals surface area contributed by atoms with Gasteiger partial charge in [-0.05, 0) is 42.8 Å². The molecule has 122 valence electrons. The zero-order valence-electron chi connectivity index (χ0n) is 13.3. The molecule has 1 N–H and O–H groups in total. The van der Waals surface area contributed by atoms with Crippen LogP contribution in [-0.2, 0) is 10.0 Å². The second-order valence-electron chi connectivity index (χ2n) is 4.71. The van der Waals surface area contributed by atoms with E-state index in [1.807, 2.05) is 6.92 Å². The first-order valence-electron chi connectivity index (χ1n) is 7.02. The third-order valence-corrected chi connectivity index (χ3v) is 3.89. The van der Waals surface area contributed by atoms with E-state index in [1.54, 1.807) is 30.5 Å². The Kier molecular flexibility index (Phi) is 6.85. The first-order valence-corrected chi connectivity index (χ1v) is 8.50. The topological polar surface area (TPSA) is 68.3 Å². The van der Waals surface area contributed by atoms with Crippen molar-refractivity contribution in [3.05, 3.63) is 48.2 Å². The maximum absolute atomic E-state index is 12.1. The van der Waals surface area contributed by atoms with Gasteiger partial charge in [0, 0.05) is 7.62 Å². The molecule has 0 bridgehead atoms. The molecule has 0 aliphatic rings. The van der Waals surface area contributed by atoms with Crippen LogP contribution in [-0.4, -0.2) is 20.5 Å². The molecule has 6 heteroatoms. The third kappa shape index (κ3) is 5.37. The van der Waals surface area contributed by atoms with Crippen LogP contribution < -0.4 is 9.46 Å². The first-order chi connectivity index (χ1) is 10.4. The van der Waals surface area contributed by atoms with E-state index in [0.29, 0.717) is 11.6 Å². The van der Waals surface area contributed by atoms with Gasteiger partial charge in [-0.2, -0.15) is 0 Å². The van der Waals surface area contributed by atoms with Crippen molar-refractivity contribution < 1.29 is 14.6 Å². The summed E-state index contributed by atoms with van der Waals surface area (Å²) in [4.78, 5) is 4.17. The zero-order chi connectivity index (χ0) is 16.6. The van der Waals surface area contributed by atoms with E-state index < -0.39 is 10.0 Å². The molecule has 1 aromatic heterocycles. The maximum Gasteiger partial charge on any atom is 0.263 e. The van der Waals surface area contributed by atoms with Crippen molar-refractivity contribution in [3.63, 3.8) is 0 Å². The molecule has 2 rings (SSSR count). The molecule has 0 amide bonds. The minimum Gasteiger partial charge on any atom is -0.497 e. The van der Waals surface area contributed by atoms with Crippen LogP contribution in [0.2, 0.25) is 0 Å². The first kappa shape index (κ1) is 18.0. The molecule has 5 nitrogen and oxygen atoms in total. The largest absolute Gasteiger partial charge is 0.497 e. The van der Waals surface area contributed by atoms with E-state index in [2.05, 4.69) is 23.6 Å². The lowest BCUT2D eigenvalue weighted by Crippen LogP contribution is -2.13. The van der Waals surface area contributed by atoms with E-state index in [4.69, 9.17) is 4.74 Å². The Morgan fingerprint density at radius 1 is 1.14 bits per heavy atom. The minimum atomic E-state index is -3.62. The number of aromatic nitrogens is 1. The number of sulfonamides is 1. The number of methoxy groups -OCH3 is 1. The number of ether oxygens (including phenoxy) is 1. The minimum absolute atomic E-state index is 0. The molecule has 0 unspecified atom stereocenters. The van der Waals surface area contributed by atoms with Gasteiger partial charge in [-0.3, -0.25) is 4.72 Å². The highest BCUT2D eigenvalue weighted by atomic mass is 32.2. The highest BCUT2D eigenvalue weighted by Crippen LogP contribution is 2.18. The van der Waals surface area contributed by atoms with Crippen molar-refractivity contribution in [1.82, 2.24) is 4.98 Å². The molecular formula is C16H24N2O3S. The molecule has 1 aromatic carbocycles. The zero-order valence-corrected chi connectivity index (χ0v) is 14.1. The lowest BCUT2D eigenvalue weighted by Gasteiger charge is -2.08. The fraction of sp³-hybridized carbons (Fsp3) is 0.312. The summed E-state index contributed by atoms with van der Waals surface area (Å²) < 4.78 is 31.6. The van der Waals surface area contributed by atoms with E-state index in [1.165, 1.54) is 25.7 Å². The molecule has 0 spiro atoms. The van der Waals surface area contributed by atoms with Gasteiger partial charge in [0.2, 0.25) is 0 Å². The monoisotopic (exact) mass is 324 g/mol. The second kappa shape index (κ2) is 8.38. The van der Waals surface area contributed by atoms with Gasteiger partial charge < -0.3 is 4.74 Å². The quantitative estimate of drug-likeness (QED) is 0.927. The molecule has 0 aliphatic carbocycles. The molecule has 0 saturated carbocycles. The predicted octanol–water partition coefficient (Wildman–Crippen LogP) is 3.86. The number of hydrogen-bond acceptors (Lipinski definition) is 4. The maximum atomic E-state index is 12.1. The number of nitrogens with zero attached hydrogens (tertiary/aromatic N) is 1. The van der Waals surface area contributed by atoms with Gasteiger partial charge in [0.05, 0.1) is 12.0 Å². The molecule has 22 heavy (non-hydrogen) atoms. The summed E-state index contributed by atoms with van der Waals surface area (Å²) in [5.41, 5.74) is 0.965. The number of aryl methyl sites for hydroxylation is 1. The highest BCUT2D eigenvalue weighted by molar-refractivity contribution is 7.92. The summed E-state index contributed by atoms with van der Waals surface area (Å²) in [6.45, 7) is 6.13. The number of pyridine rings is 1. The van der Waals surface area contributed by atoms with Gasteiger partial charge in [0.15, 0.2) is 0 Å². The van der Waals surface area contributed by atoms with Crippen LogP contribution >= 0.6 is 0 Å². The van der Waals surface area contributed by atoms with Crippen LogP contribution in [0.4, 0.5) is 5.82 Å². The van der Waals surface area contributed by atoms with E-state index in [9.17, 15) is 8.42 Å². The third-order valence-electron chi connectivity index (χ3n) is 2.52. The van der Waals surface area contributed by atoms with Crippen molar-refractivity contribution in [2.45, 2.75) is 32.1 Å². The smallest absolute Gasteiger partial charge is 0.263 e. The Labute approximate surface area is 133 Å². The SMILES string of the molecule is CCC.COc1ccc(S(=O)(=O)Nc2ccc(C)cn2)cc1.[HH]. The Bertz CT molecular complexity index is 671. The standard InChI is InChI=1S/C13H14N2O3S.C3H8.H2/c1-10-3-8-13(14-9-10)15-19(16,17)12-6-4-11(18-2)5-7-12;1-3-2;/h3-9H,1-2H3,(H,14,15);3H2,1-2H3;1H. The van der Waals surface area contributed by atoms with Crippen molar-refractivity contribution in [2.24, 2.45) is 0 Å². The van der Waals surface area contributed by atoms with Crippen LogP contribution in [0.3, 0.4) is 0 Å². The summed E-state index contributed by atoms with van der Waals surface area (Å²) in [5.74, 6) is 0.897. The van der Waals surface area contributed by atoms with E-state index in [-0.39, 0.29) is 6.32 Å². The lowest BCUT2D eigenvalue weighted by molar-refractivity contribution is 0.414. The second-order valence-corrected chi connectivity index (χ2v) is 6.39. The number of anilines is 1. The van der Waals surface area contributed by atoms with Gasteiger partial charge in [-0.15, -0.1) is 0 Å². The van der Waals surface area contributed by atoms with E-state index >= 15 is 0 Å². The van der Waals surface area contributed by atoms with Crippen molar-refractivity contribution in [2.75, 3.05) is 11.8 Å². The number of benzene rings is 1. The molecular weight excluding hydrogens is 300 g/mol. The fourth-order valence-corrected chi connectivity index (χ4v) is 2.49. The fourth-order valence-electron chi connectivity index (χ4n) is 1.48. The van der Waals surface area contributed by atoms with Crippen LogP contribution in [0.1, 0.15) is 27.3 Å². The van der Waals surface area contributed by atoms with Gasteiger partial charge in [-0.1, -0.05) is 26.3 Å². The predicted molar refractivity (Wildman–Crippen MR) is 90.9 cm³/mol. The summed E-state index contributed by atoms with van der Waals surface area (Å²) >= 11 is 0. The molecule has 2 aromatic rings. The highest BCUT2D eigenvalue weighted by Gasteiger charge is 2.14. The van der Waals surface area contributed by atoms with Gasteiger partial charge in [-0.25, -0.2) is 13.4 Å². The van der Waals surface area contributed by atoms with Crippen molar-refractivity contribution in [1.29, 1.82) is 0 Å². The van der Waals surface area contributed by atoms with Crippen LogP contribution in [0, 0.1) is 6.92 Å². The van der Waals surface area contributed by atoms with Crippen molar-refractivity contribution in [3.8, 4) is 5.75 Å². The van der Waals surface area contributed by atoms with Gasteiger partial charge in [0.25, 0.3) is 10.0 Å². The number of nitrogens with one attached hydrogen (secondary N) is 1. The molecule has 1 heterocycles. The number of rotatable bonds is 4. The van der Waals surface area contributed by atoms with Crippen LogP contribution in [0.5, 0.6) is 5.75 Å². The molecule has 0 fully saturated rings. The van der Waals surface area contributed by atoms with E-state index in [0.717, 1.165) is 5.56 Å². The normalized spacial score (nSPS) is 10.4. The summed E-state index contributed by atoms with van der Waals surface area (Å²) in [6, 6.07) is 9.56. The Balaban J connectivity index is 0.00000112. The number of hydrogen-bond donors (Lipinski definition) is 1.